The van der Waals surface area contributed by atoms with E-state index in [2.05, 4.69) is 5.32 Å². The van der Waals surface area contributed by atoms with Gasteiger partial charge in [0.15, 0.2) is 0 Å². The molecule has 0 aliphatic rings. The molecule has 1 N–H and O–H groups in total. The summed E-state index contributed by atoms with van der Waals surface area (Å²) < 4.78 is 0. The Bertz CT molecular complexity index is 1070. The first-order valence-electron chi connectivity index (χ1n) is 12.0. The zero-order chi connectivity index (χ0) is 24.6. The number of benzene rings is 3. The molecule has 0 heterocycles. The van der Waals surface area contributed by atoms with E-state index >= 15 is 0 Å². The van der Waals surface area contributed by atoms with Gasteiger partial charge in [-0.25, -0.2) is 0 Å². The molecule has 0 radical (unpaired) electrons. The van der Waals surface area contributed by atoms with Crippen LogP contribution >= 0.6 is 0 Å². The molecular formula is C30H36N2O2. The lowest BCUT2D eigenvalue weighted by Gasteiger charge is -2.34. The van der Waals surface area contributed by atoms with Crippen molar-refractivity contribution >= 4 is 11.8 Å². The number of hydrogen-bond acceptors (Lipinski definition) is 2. The van der Waals surface area contributed by atoms with Crippen LogP contribution in [0.25, 0.3) is 0 Å². The third-order valence-electron chi connectivity index (χ3n) is 5.84. The molecule has 34 heavy (non-hydrogen) atoms. The lowest BCUT2D eigenvalue weighted by atomic mass is 9.99. The Morgan fingerprint density at radius 2 is 1.38 bits per heavy atom. The van der Waals surface area contributed by atoms with E-state index in [1.54, 1.807) is 4.90 Å². The van der Waals surface area contributed by atoms with Crippen molar-refractivity contribution in [3.8, 4) is 0 Å². The fraction of sp³-hybridized carbons (Fsp3) is 0.333. The number of carbonyl (C=O) groups is 2. The third-order valence-corrected chi connectivity index (χ3v) is 5.84. The van der Waals surface area contributed by atoms with E-state index in [-0.39, 0.29) is 11.8 Å². The van der Waals surface area contributed by atoms with E-state index < -0.39 is 11.6 Å². The minimum Gasteiger partial charge on any atom is -0.350 e. The highest BCUT2D eigenvalue weighted by atomic mass is 16.2. The number of aryl methyl sites for hydroxylation is 2. The van der Waals surface area contributed by atoms with E-state index in [9.17, 15) is 9.59 Å². The topological polar surface area (TPSA) is 49.4 Å². The normalized spacial score (nSPS) is 12.1. The summed E-state index contributed by atoms with van der Waals surface area (Å²) in [5.74, 6) is -0.143. The van der Waals surface area contributed by atoms with Crippen LogP contribution in [0.5, 0.6) is 0 Å². The number of carbonyl (C=O) groups excluding carboxylic acids is 2. The van der Waals surface area contributed by atoms with Crippen molar-refractivity contribution in [1.29, 1.82) is 0 Å². The molecule has 4 heteroatoms. The van der Waals surface area contributed by atoms with Gasteiger partial charge < -0.3 is 10.2 Å². The summed E-state index contributed by atoms with van der Waals surface area (Å²) >= 11 is 0. The summed E-state index contributed by atoms with van der Waals surface area (Å²) in [5.41, 5.74) is 3.91. The van der Waals surface area contributed by atoms with E-state index in [1.807, 2.05) is 113 Å². The SMILES string of the molecule is Cc1ccccc1CN(C(=O)CCc1ccccc1)C(Cc1ccccc1)C(=O)NC(C)(C)C. The molecule has 0 saturated carbocycles. The Balaban J connectivity index is 1.94. The summed E-state index contributed by atoms with van der Waals surface area (Å²) in [6, 6.07) is 27.4. The second-order valence-electron chi connectivity index (χ2n) is 9.88. The van der Waals surface area contributed by atoms with Gasteiger partial charge in [-0.2, -0.15) is 0 Å². The minimum atomic E-state index is -0.607. The first-order chi connectivity index (χ1) is 16.2. The summed E-state index contributed by atoms with van der Waals surface area (Å²) in [5, 5.41) is 3.12. The molecule has 0 bridgehead atoms. The molecule has 0 aromatic heterocycles. The van der Waals surface area contributed by atoms with Gasteiger partial charge in [0.2, 0.25) is 11.8 Å². The number of amides is 2. The molecule has 0 aliphatic carbocycles. The maximum Gasteiger partial charge on any atom is 0.243 e. The molecule has 0 fully saturated rings. The first-order valence-corrected chi connectivity index (χ1v) is 12.0. The van der Waals surface area contributed by atoms with Crippen molar-refractivity contribution < 1.29 is 9.59 Å². The van der Waals surface area contributed by atoms with Crippen LogP contribution < -0.4 is 5.32 Å². The average molecular weight is 457 g/mol. The van der Waals surface area contributed by atoms with Crippen LogP contribution in [0.2, 0.25) is 0 Å². The van der Waals surface area contributed by atoms with Crippen LogP contribution in [0.1, 0.15) is 49.4 Å². The lowest BCUT2D eigenvalue weighted by Crippen LogP contribution is -2.54. The molecule has 3 rings (SSSR count). The van der Waals surface area contributed by atoms with E-state index in [0.717, 1.165) is 22.3 Å². The molecule has 0 saturated heterocycles. The molecule has 1 atom stereocenters. The zero-order valence-corrected chi connectivity index (χ0v) is 20.8. The highest BCUT2D eigenvalue weighted by molar-refractivity contribution is 5.88. The van der Waals surface area contributed by atoms with Crippen molar-refractivity contribution in [3.05, 3.63) is 107 Å². The number of rotatable bonds is 9. The molecular weight excluding hydrogens is 420 g/mol. The third kappa shape index (κ3) is 7.58. The Morgan fingerprint density at radius 1 is 0.824 bits per heavy atom. The standard InChI is InChI=1S/C30H36N2O2/c1-23-13-11-12-18-26(23)22-32(28(33)20-19-24-14-7-5-8-15-24)27(29(34)31-30(2,3)4)21-25-16-9-6-10-17-25/h5-18,27H,19-22H2,1-4H3,(H,31,34). The first kappa shape index (κ1) is 25.2. The zero-order valence-electron chi connectivity index (χ0n) is 20.8. The van der Waals surface area contributed by atoms with Gasteiger partial charge in [-0.3, -0.25) is 9.59 Å². The summed E-state index contributed by atoms with van der Waals surface area (Å²) in [6.45, 7) is 8.34. The number of nitrogens with zero attached hydrogens (tertiary/aromatic N) is 1. The highest BCUT2D eigenvalue weighted by Crippen LogP contribution is 2.19. The Morgan fingerprint density at radius 3 is 1.97 bits per heavy atom. The smallest absolute Gasteiger partial charge is 0.243 e. The van der Waals surface area contributed by atoms with Crippen molar-refractivity contribution in [1.82, 2.24) is 10.2 Å². The van der Waals surface area contributed by atoms with Crippen molar-refractivity contribution in [2.45, 2.75) is 65.1 Å². The molecule has 0 aliphatic heterocycles. The van der Waals surface area contributed by atoms with E-state index in [1.165, 1.54) is 0 Å². The van der Waals surface area contributed by atoms with Crippen LogP contribution in [-0.4, -0.2) is 28.3 Å². The summed E-state index contributed by atoms with van der Waals surface area (Å²) in [6.07, 6.45) is 1.46. The number of hydrogen-bond donors (Lipinski definition) is 1. The number of nitrogens with one attached hydrogen (secondary N) is 1. The van der Waals surface area contributed by atoms with Gasteiger partial charge in [0.05, 0.1) is 0 Å². The van der Waals surface area contributed by atoms with Crippen LogP contribution in [0, 0.1) is 6.92 Å². The van der Waals surface area contributed by atoms with Gasteiger partial charge in [0.1, 0.15) is 6.04 Å². The van der Waals surface area contributed by atoms with Gasteiger partial charge >= 0.3 is 0 Å². The maximum absolute atomic E-state index is 13.7. The second kappa shape index (κ2) is 11.6. The predicted molar refractivity (Wildman–Crippen MR) is 138 cm³/mol. The summed E-state index contributed by atoms with van der Waals surface area (Å²) in [7, 11) is 0. The Kier molecular flexibility index (Phi) is 8.64. The van der Waals surface area contributed by atoms with Gasteiger partial charge in [-0.15, -0.1) is 0 Å². The molecule has 0 spiro atoms. The predicted octanol–water partition coefficient (Wildman–Crippen LogP) is 5.48. The van der Waals surface area contributed by atoms with Crippen LogP contribution in [0.15, 0.2) is 84.9 Å². The van der Waals surface area contributed by atoms with E-state index in [4.69, 9.17) is 0 Å². The second-order valence-corrected chi connectivity index (χ2v) is 9.88. The Labute approximate surface area is 204 Å². The lowest BCUT2D eigenvalue weighted by molar-refractivity contribution is -0.141. The van der Waals surface area contributed by atoms with Crippen LogP contribution in [0.3, 0.4) is 0 Å². The fourth-order valence-electron chi connectivity index (χ4n) is 4.02. The molecule has 3 aromatic rings. The van der Waals surface area contributed by atoms with Crippen molar-refractivity contribution in [3.63, 3.8) is 0 Å². The summed E-state index contributed by atoms with van der Waals surface area (Å²) in [4.78, 5) is 29.0. The van der Waals surface area contributed by atoms with Gasteiger partial charge in [0.25, 0.3) is 0 Å². The van der Waals surface area contributed by atoms with Crippen LogP contribution in [0.4, 0.5) is 0 Å². The monoisotopic (exact) mass is 456 g/mol. The Hall–Kier alpha value is -3.40. The van der Waals surface area contributed by atoms with Crippen molar-refractivity contribution in [2.24, 2.45) is 0 Å². The quantitative estimate of drug-likeness (QED) is 0.463. The molecule has 3 aromatic carbocycles. The molecule has 1 unspecified atom stereocenters. The van der Waals surface area contributed by atoms with E-state index in [0.29, 0.717) is 25.8 Å². The highest BCUT2D eigenvalue weighted by Gasteiger charge is 2.32. The van der Waals surface area contributed by atoms with Crippen molar-refractivity contribution in [2.75, 3.05) is 0 Å². The minimum absolute atomic E-state index is 0.0166. The molecule has 178 valence electrons. The van der Waals surface area contributed by atoms with Gasteiger partial charge in [-0.05, 0) is 56.4 Å². The van der Waals surface area contributed by atoms with Gasteiger partial charge in [-0.1, -0.05) is 84.9 Å². The molecule has 4 nitrogen and oxygen atoms in total. The maximum atomic E-state index is 13.7. The van der Waals surface area contributed by atoms with Gasteiger partial charge in [0, 0.05) is 24.9 Å². The average Bonchev–Trinajstić information content (AvgIpc) is 2.81. The fourth-order valence-corrected chi connectivity index (χ4v) is 4.02. The molecule has 2 amide bonds. The largest absolute Gasteiger partial charge is 0.350 e. The van der Waals surface area contributed by atoms with Crippen LogP contribution in [-0.2, 0) is 29.0 Å².